The molecule has 0 bridgehead atoms. The summed E-state index contributed by atoms with van der Waals surface area (Å²) in [4.78, 5) is 19.9. The van der Waals surface area contributed by atoms with Gasteiger partial charge in [0.15, 0.2) is 6.39 Å². The number of carbonyl (C=O) groups excluding carboxylic acids is 1. The molecule has 1 aromatic rings. The molecule has 0 unspecified atom stereocenters. The van der Waals surface area contributed by atoms with E-state index in [0.717, 1.165) is 25.9 Å². The molecule has 0 spiro atoms. The zero-order valence-corrected chi connectivity index (χ0v) is 11.3. The first-order valence-corrected chi connectivity index (χ1v) is 6.43. The number of piperidine rings is 1. The molecule has 2 rings (SSSR count). The highest BCUT2D eigenvalue weighted by molar-refractivity contribution is 5.91. The second-order valence-electron chi connectivity index (χ2n) is 5.20. The third-order valence-electron chi connectivity index (χ3n) is 3.97. The van der Waals surface area contributed by atoms with Crippen molar-refractivity contribution >= 4 is 5.91 Å². The van der Waals surface area contributed by atoms with Crippen LogP contribution in [0.2, 0.25) is 0 Å². The molecular formula is C13H21N3O2. The molecule has 0 saturated carbocycles. The van der Waals surface area contributed by atoms with E-state index in [4.69, 9.17) is 4.42 Å². The summed E-state index contributed by atoms with van der Waals surface area (Å²) in [7, 11) is 4.22. The maximum absolute atomic E-state index is 12.1. The number of aromatic nitrogens is 1. The smallest absolute Gasteiger partial charge is 0.291 e. The van der Waals surface area contributed by atoms with Crippen LogP contribution in [0.4, 0.5) is 0 Å². The maximum Gasteiger partial charge on any atom is 0.291 e. The first-order valence-electron chi connectivity index (χ1n) is 6.43. The van der Waals surface area contributed by atoms with Crippen molar-refractivity contribution in [1.82, 2.24) is 14.8 Å². The van der Waals surface area contributed by atoms with Crippen LogP contribution < -0.4 is 0 Å². The molecule has 0 N–H and O–H groups in total. The van der Waals surface area contributed by atoms with Crippen LogP contribution in [-0.2, 0) is 0 Å². The van der Waals surface area contributed by atoms with E-state index in [1.54, 1.807) is 0 Å². The summed E-state index contributed by atoms with van der Waals surface area (Å²) in [6.45, 7) is 3.86. The van der Waals surface area contributed by atoms with E-state index in [1.165, 1.54) is 12.6 Å². The van der Waals surface area contributed by atoms with E-state index < -0.39 is 0 Å². The summed E-state index contributed by atoms with van der Waals surface area (Å²) in [5.41, 5.74) is 0. The van der Waals surface area contributed by atoms with Crippen molar-refractivity contribution in [2.75, 3.05) is 27.2 Å². The van der Waals surface area contributed by atoms with Crippen LogP contribution in [0.15, 0.2) is 17.0 Å². The molecule has 1 aromatic heterocycles. The van der Waals surface area contributed by atoms with E-state index in [2.05, 4.69) is 30.9 Å². The number of hydrogen-bond acceptors (Lipinski definition) is 4. The summed E-state index contributed by atoms with van der Waals surface area (Å²) in [6, 6.07) is 0.563. The van der Waals surface area contributed by atoms with Crippen LogP contribution in [0.5, 0.6) is 0 Å². The molecule has 1 aliphatic rings. The lowest BCUT2D eigenvalue weighted by Gasteiger charge is -2.36. The van der Waals surface area contributed by atoms with Crippen molar-refractivity contribution in [1.29, 1.82) is 0 Å². The highest BCUT2D eigenvalue weighted by Crippen LogP contribution is 2.23. The minimum atomic E-state index is -0.0385. The quantitative estimate of drug-likeness (QED) is 0.816. The van der Waals surface area contributed by atoms with Crippen molar-refractivity contribution in [3.8, 4) is 0 Å². The van der Waals surface area contributed by atoms with Gasteiger partial charge >= 0.3 is 0 Å². The minimum Gasteiger partial charge on any atom is -0.438 e. The largest absolute Gasteiger partial charge is 0.438 e. The minimum absolute atomic E-state index is 0.0385. The van der Waals surface area contributed by atoms with Gasteiger partial charge in [-0.3, -0.25) is 4.79 Å². The highest BCUT2D eigenvalue weighted by Gasteiger charge is 2.28. The van der Waals surface area contributed by atoms with Crippen LogP contribution in [0.1, 0.15) is 30.3 Å². The molecule has 1 saturated heterocycles. The number of carbonyl (C=O) groups is 1. The second-order valence-corrected chi connectivity index (χ2v) is 5.20. The Bertz CT molecular complexity index is 381. The fourth-order valence-electron chi connectivity index (χ4n) is 2.48. The number of rotatable bonds is 3. The molecule has 2 heterocycles. The van der Waals surface area contributed by atoms with Gasteiger partial charge in [0.1, 0.15) is 0 Å². The van der Waals surface area contributed by atoms with Gasteiger partial charge in [0.05, 0.1) is 6.20 Å². The number of oxazole rings is 1. The lowest BCUT2D eigenvalue weighted by molar-refractivity contribution is 0.0610. The number of amides is 1. The zero-order valence-electron chi connectivity index (χ0n) is 11.3. The van der Waals surface area contributed by atoms with Gasteiger partial charge in [-0.05, 0) is 39.8 Å². The first kappa shape index (κ1) is 13.1. The summed E-state index contributed by atoms with van der Waals surface area (Å²) < 4.78 is 5.05. The Labute approximate surface area is 108 Å². The lowest BCUT2D eigenvalue weighted by atomic mass is 9.89. The fraction of sp³-hybridized carbons (Fsp3) is 0.692. The molecule has 0 radical (unpaired) electrons. The summed E-state index contributed by atoms with van der Waals surface area (Å²) in [5.74, 6) is 0.969. The van der Waals surface area contributed by atoms with Gasteiger partial charge in [-0.1, -0.05) is 0 Å². The van der Waals surface area contributed by atoms with Crippen molar-refractivity contribution in [3.05, 3.63) is 18.4 Å². The average Bonchev–Trinajstić information content (AvgIpc) is 2.91. The Hall–Kier alpha value is -1.36. The van der Waals surface area contributed by atoms with Crippen molar-refractivity contribution in [3.63, 3.8) is 0 Å². The average molecular weight is 251 g/mol. The molecule has 1 amide bonds. The predicted molar refractivity (Wildman–Crippen MR) is 68.3 cm³/mol. The van der Waals surface area contributed by atoms with E-state index in [1.807, 2.05) is 4.90 Å². The van der Waals surface area contributed by atoms with Crippen molar-refractivity contribution in [2.45, 2.75) is 25.8 Å². The topological polar surface area (TPSA) is 49.6 Å². The van der Waals surface area contributed by atoms with E-state index >= 15 is 0 Å². The van der Waals surface area contributed by atoms with Gasteiger partial charge in [0.25, 0.3) is 5.91 Å². The van der Waals surface area contributed by atoms with Crippen LogP contribution in [0.3, 0.4) is 0 Å². The van der Waals surface area contributed by atoms with Crippen LogP contribution >= 0.6 is 0 Å². The monoisotopic (exact) mass is 251 g/mol. The summed E-state index contributed by atoms with van der Waals surface area (Å²) >= 11 is 0. The second kappa shape index (κ2) is 5.52. The summed E-state index contributed by atoms with van der Waals surface area (Å²) in [5, 5.41) is 0. The normalized spacial score (nSPS) is 19.2. The van der Waals surface area contributed by atoms with E-state index in [-0.39, 0.29) is 5.91 Å². The third-order valence-corrected chi connectivity index (χ3v) is 3.97. The van der Waals surface area contributed by atoms with Gasteiger partial charge in [0.2, 0.25) is 5.76 Å². The van der Waals surface area contributed by atoms with Crippen LogP contribution in [0.25, 0.3) is 0 Å². The fourth-order valence-corrected chi connectivity index (χ4v) is 2.48. The van der Waals surface area contributed by atoms with Crippen molar-refractivity contribution < 1.29 is 9.21 Å². The van der Waals surface area contributed by atoms with Gasteiger partial charge < -0.3 is 14.2 Å². The van der Waals surface area contributed by atoms with Gasteiger partial charge in [-0.2, -0.15) is 0 Å². The standard InChI is InChI=1S/C13H21N3O2/c1-10(15(2)3)11-4-6-16(7-5-11)13(17)12-8-14-9-18-12/h8-11H,4-7H2,1-3H3/t10-/m0/s1. The predicted octanol–water partition coefficient (Wildman–Crippen LogP) is 1.48. The molecule has 0 aromatic carbocycles. The number of nitrogens with zero attached hydrogens (tertiary/aromatic N) is 3. The highest BCUT2D eigenvalue weighted by atomic mass is 16.3. The Morgan fingerprint density at radius 2 is 2.17 bits per heavy atom. The zero-order chi connectivity index (χ0) is 13.1. The maximum atomic E-state index is 12.1. The molecule has 100 valence electrons. The Morgan fingerprint density at radius 3 is 2.67 bits per heavy atom. The number of hydrogen-bond donors (Lipinski definition) is 0. The molecule has 1 fully saturated rings. The molecular weight excluding hydrogens is 230 g/mol. The molecule has 18 heavy (non-hydrogen) atoms. The Morgan fingerprint density at radius 1 is 1.50 bits per heavy atom. The molecule has 0 aliphatic carbocycles. The van der Waals surface area contributed by atoms with Crippen LogP contribution in [-0.4, -0.2) is 53.9 Å². The van der Waals surface area contributed by atoms with Gasteiger partial charge in [-0.15, -0.1) is 0 Å². The van der Waals surface area contributed by atoms with Crippen molar-refractivity contribution in [2.24, 2.45) is 5.92 Å². The SMILES string of the molecule is C[C@@H](C1CCN(C(=O)c2cnco2)CC1)N(C)C. The first-order chi connectivity index (χ1) is 8.59. The molecule has 1 aliphatic heterocycles. The van der Waals surface area contributed by atoms with E-state index in [9.17, 15) is 4.79 Å². The Kier molecular flexibility index (Phi) is 4.01. The van der Waals surface area contributed by atoms with Crippen LogP contribution in [0, 0.1) is 5.92 Å². The lowest BCUT2D eigenvalue weighted by Crippen LogP contribution is -2.43. The third kappa shape index (κ3) is 2.72. The Balaban J connectivity index is 1.89. The number of likely N-dealkylation sites (tertiary alicyclic amines) is 1. The van der Waals surface area contributed by atoms with E-state index in [0.29, 0.717) is 17.7 Å². The molecule has 1 atom stereocenters. The molecule has 5 nitrogen and oxygen atoms in total. The van der Waals surface area contributed by atoms with Gasteiger partial charge in [-0.25, -0.2) is 4.98 Å². The summed E-state index contributed by atoms with van der Waals surface area (Å²) in [6.07, 6.45) is 4.89. The van der Waals surface area contributed by atoms with Gasteiger partial charge in [0, 0.05) is 19.1 Å². The molecule has 5 heteroatoms.